The molecule has 2 heteroatoms. The molecule has 0 spiro atoms. The van der Waals surface area contributed by atoms with Gasteiger partial charge in [-0.3, -0.25) is 0 Å². The van der Waals surface area contributed by atoms with Gasteiger partial charge in [-0.1, -0.05) is 188 Å². The van der Waals surface area contributed by atoms with Crippen LogP contribution in [0, 0.1) is 0 Å². The van der Waals surface area contributed by atoms with Gasteiger partial charge in [0.25, 0.3) is 0 Å². The van der Waals surface area contributed by atoms with Gasteiger partial charge in [-0.2, -0.15) is 0 Å². The van der Waals surface area contributed by atoms with Gasteiger partial charge in [0.15, 0.2) is 0 Å². The normalized spacial score (nSPS) is 12.7. The lowest BCUT2D eigenvalue weighted by Crippen LogP contribution is -2.28. The van der Waals surface area contributed by atoms with Crippen LogP contribution in [0.3, 0.4) is 0 Å². The van der Waals surface area contributed by atoms with E-state index < -0.39 is 5.41 Å². The summed E-state index contributed by atoms with van der Waals surface area (Å²) in [6.07, 6.45) is 0. The van der Waals surface area contributed by atoms with Gasteiger partial charge < -0.3 is 4.90 Å². The van der Waals surface area contributed by atoms with Crippen LogP contribution < -0.4 is 4.90 Å². The Hall–Kier alpha value is -7.00. The molecule has 0 radical (unpaired) electrons. The van der Waals surface area contributed by atoms with Gasteiger partial charge in [0.05, 0.1) is 11.1 Å². The topological polar surface area (TPSA) is 3.24 Å². The molecule has 0 saturated heterocycles. The maximum Gasteiger partial charge on any atom is 0.0713 e. The lowest BCUT2D eigenvalue weighted by molar-refractivity contribution is 0.768. The molecule has 1 nitrogen and oxygen atoms in total. The molecule has 1 aromatic heterocycles. The molecule has 0 bridgehead atoms. The fourth-order valence-electron chi connectivity index (χ4n) is 9.29. The first-order chi connectivity index (χ1) is 28.3. The number of hydrogen-bond donors (Lipinski definition) is 0. The fourth-order valence-corrected chi connectivity index (χ4v) is 10.5. The number of fused-ring (bicyclic) bond motifs is 6. The number of hydrogen-bond acceptors (Lipinski definition) is 2. The molecule has 0 amide bonds. The summed E-state index contributed by atoms with van der Waals surface area (Å²) in [4.78, 5) is 2.42. The summed E-state index contributed by atoms with van der Waals surface area (Å²) < 4.78 is 2.65. The maximum absolute atomic E-state index is 2.42. The zero-order chi connectivity index (χ0) is 37.8. The SMILES string of the molecule is c1ccc(-c2ccccc2N(c2ccc(-c3cccc4c3sc3ccccc34)cc2)c2ccc(C3(c4ccccc4)c4ccccc4-c4ccccc43)cc2)cc1. The van der Waals surface area contributed by atoms with Gasteiger partial charge in [-0.25, -0.2) is 0 Å². The first-order valence-corrected chi connectivity index (χ1v) is 20.4. The number of thiophene rings is 1. The van der Waals surface area contributed by atoms with Crippen LogP contribution in [0.4, 0.5) is 17.1 Å². The van der Waals surface area contributed by atoms with Crippen LogP contribution in [0.5, 0.6) is 0 Å². The largest absolute Gasteiger partial charge is 0.310 e. The van der Waals surface area contributed by atoms with E-state index in [1.54, 1.807) is 0 Å². The summed E-state index contributed by atoms with van der Waals surface area (Å²) in [6, 6.07) is 82.3. The predicted molar refractivity (Wildman–Crippen MR) is 242 cm³/mol. The molecule has 0 fully saturated rings. The molecule has 57 heavy (non-hydrogen) atoms. The van der Waals surface area contributed by atoms with E-state index in [1.165, 1.54) is 75.8 Å². The van der Waals surface area contributed by atoms with Crippen molar-refractivity contribution < 1.29 is 0 Å². The van der Waals surface area contributed by atoms with Crippen molar-refractivity contribution in [2.75, 3.05) is 4.90 Å². The van der Waals surface area contributed by atoms with Gasteiger partial charge in [0.2, 0.25) is 0 Å². The molecular formula is C55H37NS. The zero-order valence-electron chi connectivity index (χ0n) is 31.2. The molecule has 11 rings (SSSR count). The second-order valence-corrected chi connectivity index (χ2v) is 15.9. The van der Waals surface area contributed by atoms with Crippen molar-refractivity contribution in [2.45, 2.75) is 5.41 Å². The molecule has 0 atom stereocenters. The van der Waals surface area contributed by atoms with Gasteiger partial charge in [-0.05, 0) is 86.5 Å². The summed E-state index contributed by atoms with van der Waals surface area (Å²) in [5.41, 5.74) is 15.5. The Kier molecular flexibility index (Phi) is 7.98. The molecule has 0 unspecified atom stereocenters. The van der Waals surface area contributed by atoms with E-state index in [1.807, 2.05) is 11.3 Å². The van der Waals surface area contributed by atoms with Gasteiger partial charge in [0, 0.05) is 37.1 Å². The molecule has 0 aliphatic heterocycles. The lowest BCUT2D eigenvalue weighted by atomic mass is 9.68. The molecular weight excluding hydrogens is 707 g/mol. The van der Waals surface area contributed by atoms with Crippen molar-refractivity contribution in [1.29, 1.82) is 0 Å². The van der Waals surface area contributed by atoms with E-state index in [4.69, 9.17) is 0 Å². The summed E-state index contributed by atoms with van der Waals surface area (Å²) in [7, 11) is 0. The summed E-state index contributed by atoms with van der Waals surface area (Å²) in [5.74, 6) is 0. The van der Waals surface area contributed by atoms with Crippen LogP contribution in [0.2, 0.25) is 0 Å². The van der Waals surface area contributed by atoms with Crippen LogP contribution in [0.1, 0.15) is 22.3 Å². The third-order valence-electron chi connectivity index (χ3n) is 11.8. The highest BCUT2D eigenvalue weighted by atomic mass is 32.1. The minimum absolute atomic E-state index is 0.449. The Morgan fingerprint density at radius 2 is 0.825 bits per heavy atom. The van der Waals surface area contributed by atoms with Gasteiger partial charge in [0.1, 0.15) is 0 Å². The van der Waals surface area contributed by atoms with Crippen molar-refractivity contribution in [1.82, 2.24) is 0 Å². The van der Waals surface area contributed by atoms with E-state index in [2.05, 4.69) is 229 Å². The number of nitrogens with zero attached hydrogens (tertiary/aromatic N) is 1. The lowest BCUT2D eigenvalue weighted by Gasteiger charge is -2.34. The standard InChI is InChI=1S/C55H37NS/c1-3-16-38(17-4-1)44-20-9-13-28-52(44)56(42-34-30-39(31-35-42)45-24-15-25-49-48-23-10-14-29-53(48)57-54(45)49)43-36-32-41(33-37-43)55(40-18-5-2-6-19-40)50-26-11-7-21-46(50)47-22-8-12-27-51(47)55/h1-37H. The van der Waals surface area contributed by atoms with E-state index in [0.717, 1.165) is 17.1 Å². The number of para-hydroxylation sites is 1. The van der Waals surface area contributed by atoms with Crippen LogP contribution in [0.15, 0.2) is 224 Å². The molecule has 9 aromatic carbocycles. The molecule has 1 aliphatic rings. The zero-order valence-corrected chi connectivity index (χ0v) is 32.0. The number of anilines is 3. The molecule has 10 aromatic rings. The van der Waals surface area contributed by atoms with Crippen molar-refractivity contribution in [3.05, 3.63) is 247 Å². The second kappa shape index (κ2) is 13.6. The van der Waals surface area contributed by atoms with E-state index in [-0.39, 0.29) is 0 Å². The van der Waals surface area contributed by atoms with E-state index in [0.29, 0.717) is 0 Å². The summed E-state index contributed by atoms with van der Waals surface area (Å²) in [6.45, 7) is 0. The fraction of sp³-hybridized carbons (Fsp3) is 0.0182. The van der Waals surface area contributed by atoms with Crippen LogP contribution in [-0.4, -0.2) is 0 Å². The average molecular weight is 744 g/mol. The van der Waals surface area contributed by atoms with Crippen molar-refractivity contribution in [3.8, 4) is 33.4 Å². The van der Waals surface area contributed by atoms with Gasteiger partial charge in [-0.15, -0.1) is 11.3 Å². The molecule has 1 aliphatic carbocycles. The van der Waals surface area contributed by atoms with Gasteiger partial charge >= 0.3 is 0 Å². The van der Waals surface area contributed by atoms with E-state index >= 15 is 0 Å². The van der Waals surface area contributed by atoms with E-state index in [9.17, 15) is 0 Å². The van der Waals surface area contributed by atoms with Crippen LogP contribution in [0.25, 0.3) is 53.6 Å². The highest BCUT2D eigenvalue weighted by Gasteiger charge is 2.45. The smallest absolute Gasteiger partial charge is 0.0713 e. The highest BCUT2D eigenvalue weighted by Crippen LogP contribution is 2.56. The molecule has 1 heterocycles. The third kappa shape index (κ3) is 5.29. The Balaban J connectivity index is 1.08. The number of benzene rings is 9. The average Bonchev–Trinajstić information content (AvgIpc) is 3.82. The van der Waals surface area contributed by atoms with Crippen molar-refractivity contribution in [3.63, 3.8) is 0 Å². The second-order valence-electron chi connectivity index (χ2n) is 14.8. The third-order valence-corrected chi connectivity index (χ3v) is 13.0. The Morgan fingerprint density at radius 3 is 1.53 bits per heavy atom. The maximum atomic E-state index is 2.42. The first kappa shape index (κ1) is 33.3. The van der Waals surface area contributed by atoms with Crippen molar-refractivity contribution >= 4 is 48.6 Å². The van der Waals surface area contributed by atoms with Crippen LogP contribution in [-0.2, 0) is 5.41 Å². The Morgan fingerprint density at radius 1 is 0.333 bits per heavy atom. The monoisotopic (exact) mass is 743 g/mol. The summed E-state index contributed by atoms with van der Waals surface area (Å²) in [5, 5.41) is 2.64. The quantitative estimate of drug-likeness (QED) is 0.157. The first-order valence-electron chi connectivity index (χ1n) is 19.6. The Labute approximate surface area is 337 Å². The summed E-state index contributed by atoms with van der Waals surface area (Å²) >= 11 is 1.88. The Bertz CT molecular complexity index is 3010. The predicted octanol–water partition coefficient (Wildman–Crippen LogP) is 15.2. The molecule has 0 N–H and O–H groups in total. The van der Waals surface area contributed by atoms with Crippen molar-refractivity contribution in [2.24, 2.45) is 0 Å². The van der Waals surface area contributed by atoms with Crippen LogP contribution >= 0.6 is 11.3 Å². The highest BCUT2D eigenvalue weighted by molar-refractivity contribution is 7.26. The number of rotatable bonds is 7. The minimum atomic E-state index is -0.449. The minimum Gasteiger partial charge on any atom is -0.310 e. The molecule has 0 saturated carbocycles. The molecule has 268 valence electrons.